The molecule has 1 heterocycles. The molecule has 2 N–H and O–H groups in total. The van der Waals surface area contributed by atoms with Crippen molar-refractivity contribution in [1.29, 1.82) is 0 Å². The predicted molar refractivity (Wildman–Crippen MR) is 210 cm³/mol. The molecule has 294 valence electrons. The van der Waals surface area contributed by atoms with Crippen LogP contribution in [0.15, 0.2) is 95.9 Å². The number of aliphatic carboxylic acids is 1. The quantitative estimate of drug-likeness (QED) is 0.145. The summed E-state index contributed by atoms with van der Waals surface area (Å²) < 4.78 is 29.1. The van der Waals surface area contributed by atoms with Gasteiger partial charge < -0.3 is 35.3 Å². The molecule has 1 aliphatic heterocycles. The van der Waals surface area contributed by atoms with Gasteiger partial charge in [-0.3, -0.25) is 9.59 Å². The number of carbonyl (C=O) groups excluding carboxylic acids is 4. The molecule has 1 saturated heterocycles. The number of carbonyl (C=O) groups is 4. The SMILES string of the molecule is CCN([C@H]1CC[C@H](C(=O)[O-])CC1)S(=O)(=O)c1cccc(C(=O)Nc2ccc(N3CCCCC3)cc2C(=O)Nc2ccc(CCc3ccc(C(=O)[O-])cc3)cc2)c1.[K+].[K+]. The van der Waals surface area contributed by atoms with E-state index in [1.165, 1.54) is 40.7 Å². The number of benzene rings is 4. The first-order valence-electron chi connectivity index (χ1n) is 19.2. The fourth-order valence-electron chi connectivity index (χ4n) is 7.58. The van der Waals surface area contributed by atoms with Gasteiger partial charge >= 0.3 is 103 Å². The monoisotopic (exact) mass is 856 g/mol. The number of amides is 2. The summed E-state index contributed by atoms with van der Waals surface area (Å²) >= 11 is 0. The number of sulfonamides is 1. The van der Waals surface area contributed by atoms with Crippen LogP contribution in [-0.2, 0) is 27.7 Å². The van der Waals surface area contributed by atoms with Gasteiger partial charge in [0.05, 0.1) is 22.1 Å². The molecule has 0 bridgehead atoms. The van der Waals surface area contributed by atoms with E-state index in [1.54, 1.807) is 43.3 Å². The van der Waals surface area contributed by atoms with Gasteiger partial charge in [0.15, 0.2) is 0 Å². The first-order chi connectivity index (χ1) is 26.9. The second kappa shape index (κ2) is 22.5. The maximum absolute atomic E-state index is 13.9. The van der Waals surface area contributed by atoms with Gasteiger partial charge in [0.25, 0.3) is 11.8 Å². The Hall–Kier alpha value is -2.26. The number of carboxylic acids is 2. The molecular weight excluding hydrogens is 811 g/mol. The smallest absolute Gasteiger partial charge is 0.550 e. The van der Waals surface area contributed by atoms with E-state index in [1.807, 2.05) is 18.2 Å². The van der Waals surface area contributed by atoms with Crippen LogP contribution >= 0.6 is 0 Å². The summed E-state index contributed by atoms with van der Waals surface area (Å²) in [5.74, 6) is -3.93. The van der Waals surface area contributed by atoms with Crippen molar-refractivity contribution in [3.05, 3.63) is 119 Å². The van der Waals surface area contributed by atoms with Gasteiger partial charge in [-0.1, -0.05) is 49.4 Å². The molecule has 2 amide bonds. The topological polar surface area (TPSA) is 179 Å². The van der Waals surface area contributed by atoms with Crippen molar-refractivity contribution in [2.24, 2.45) is 5.92 Å². The molecule has 2 fully saturated rings. The van der Waals surface area contributed by atoms with E-state index in [0.29, 0.717) is 44.2 Å². The van der Waals surface area contributed by atoms with Crippen LogP contribution in [0.25, 0.3) is 0 Å². The van der Waals surface area contributed by atoms with Crippen molar-refractivity contribution < 1.29 is 141 Å². The van der Waals surface area contributed by atoms with Crippen LogP contribution in [0.5, 0.6) is 0 Å². The number of hydrogen-bond acceptors (Lipinski definition) is 9. The molecule has 12 nitrogen and oxygen atoms in total. The van der Waals surface area contributed by atoms with Crippen LogP contribution in [0.3, 0.4) is 0 Å². The zero-order valence-electron chi connectivity index (χ0n) is 33.4. The summed E-state index contributed by atoms with van der Waals surface area (Å²) in [7, 11) is -4.02. The molecule has 0 spiro atoms. The Labute approximate surface area is 425 Å². The summed E-state index contributed by atoms with van der Waals surface area (Å²) in [6.45, 7) is 3.62. The number of nitrogens with zero attached hydrogens (tertiary/aromatic N) is 2. The van der Waals surface area contributed by atoms with Crippen molar-refractivity contribution >= 4 is 50.8 Å². The molecule has 1 saturated carbocycles. The Morgan fingerprint density at radius 2 is 1.34 bits per heavy atom. The number of hydrogen-bond donors (Lipinski definition) is 2. The number of carboxylic acid groups (broad SMARTS) is 2. The molecule has 58 heavy (non-hydrogen) atoms. The molecule has 0 radical (unpaired) electrons. The largest absolute Gasteiger partial charge is 1.00 e. The second-order valence-electron chi connectivity index (χ2n) is 14.4. The summed E-state index contributed by atoms with van der Waals surface area (Å²) in [6.07, 6.45) is 6.09. The van der Waals surface area contributed by atoms with E-state index in [0.717, 1.165) is 49.2 Å². The van der Waals surface area contributed by atoms with Crippen LogP contribution in [0, 0.1) is 5.92 Å². The van der Waals surface area contributed by atoms with Gasteiger partial charge in [-0.05, 0) is 129 Å². The molecule has 2 aliphatic rings. The van der Waals surface area contributed by atoms with E-state index in [2.05, 4.69) is 15.5 Å². The molecule has 6 rings (SSSR count). The summed E-state index contributed by atoms with van der Waals surface area (Å²) in [5.41, 5.74) is 4.18. The zero-order chi connectivity index (χ0) is 39.8. The first-order valence-corrected chi connectivity index (χ1v) is 20.6. The van der Waals surface area contributed by atoms with Crippen LogP contribution in [0.1, 0.15) is 94.1 Å². The normalized spacial score (nSPS) is 16.7. The van der Waals surface area contributed by atoms with Crippen molar-refractivity contribution in [3.63, 3.8) is 0 Å². The van der Waals surface area contributed by atoms with Crippen LogP contribution < -0.4 is 129 Å². The van der Waals surface area contributed by atoms with Crippen LogP contribution in [-0.4, -0.2) is 62.2 Å². The van der Waals surface area contributed by atoms with E-state index in [9.17, 15) is 37.8 Å². The fraction of sp³-hybridized carbons (Fsp3) is 0.349. The second-order valence-corrected chi connectivity index (χ2v) is 16.3. The molecule has 0 atom stereocenters. The Morgan fingerprint density at radius 3 is 1.93 bits per heavy atom. The number of piperidine rings is 1. The molecule has 15 heteroatoms. The average molecular weight is 857 g/mol. The van der Waals surface area contributed by atoms with Crippen molar-refractivity contribution in [2.75, 3.05) is 35.2 Å². The molecular formula is C43H46K2N4O8S. The van der Waals surface area contributed by atoms with Crippen LogP contribution in [0.2, 0.25) is 0 Å². The van der Waals surface area contributed by atoms with E-state index >= 15 is 0 Å². The fourth-order valence-corrected chi connectivity index (χ4v) is 9.32. The summed E-state index contributed by atoms with van der Waals surface area (Å²) in [6, 6.07) is 24.8. The number of rotatable bonds is 14. The summed E-state index contributed by atoms with van der Waals surface area (Å²) in [4.78, 5) is 52.2. The third-order valence-corrected chi connectivity index (χ3v) is 12.8. The van der Waals surface area contributed by atoms with Gasteiger partial charge in [0, 0.05) is 48.6 Å². The number of nitrogens with one attached hydrogen (secondary N) is 2. The molecule has 0 unspecified atom stereocenters. The number of aromatic carboxylic acids is 1. The Balaban J connectivity index is 0.00000372. The zero-order valence-corrected chi connectivity index (χ0v) is 40.4. The number of aryl methyl sites for hydroxylation is 2. The third-order valence-electron chi connectivity index (χ3n) is 10.8. The van der Waals surface area contributed by atoms with Crippen molar-refractivity contribution in [1.82, 2.24) is 4.31 Å². The third kappa shape index (κ3) is 12.4. The van der Waals surface area contributed by atoms with Gasteiger partial charge in [-0.15, -0.1) is 0 Å². The predicted octanol–water partition coefficient (Wildman–Crippen LogP) is -1.34. The maximum Gasteiger partial charge on any atom is 1.00 e. The Kier molecular flexibility index (Phi) is 18.8. The summed E-state index contributed by atoms with van der Waals surface area (Å²) in [5, 5.41) is 28.2. The minimum atomic E-state index is -4.02. The van der Waals surface area contributed by atoms with Gasteiger partial charge in [-0.2, -0.15) is 4.31 Å². The molecule has 4 aromatic carbocycles. The van der Waals surface area contributed by atoms with Gasteiger partial charge in [-0.25, -0.2) is 8.42 Å². The van der Waals surface area contributed by atoms with E-state index < -0.39 is 39.7 Å². The van der Waals surface area contributed by atoms with E-state index in [4.69, 9.17) is 0 Å². The average Bonchev–Trinajstić information content (AvgIpc) is 3.21. The molecule has 1 aliphatic carbocycles. The van der Waals surface area contributed by atoms with Crippen LogP contribution in [0.4, 0.5) is 17.1 Å². The standard InChI is InChI=1S/C43H48N4O8S.2K/c1-2-47(35-21-17-32(18-22-35)43(52)53)56(54,55)37-8-6-7-33(27-37)40(48)45-39-24-23-36(46-25-4-3-5-26-46)28-38(39)41(49)44-34-19-13-30(14-20-34)10-9-29-11-15-31(16-12-29)42(50)51;;/h6-8,11-16,19-20,23-24,27-28,32,35H,2-5,9-10,17-18,21-22,25-26H2,1H3,(H,44,49)(H,45,48)(H,50,51)(H,52,53);;/q;2*+1/p-2/t32-,35-;;. The maximum atomic E-state index is 13.9. The molecule has 0 aromatic heterocycles. The Bertz CT molecular complexity index is 2170. The van der Waals surface area contributed by atoms with Crippen molar-refractivity contribution in [2.45, 2.75) is 75.6 Å². The Morgan fingerprint density at radius 1 is 0.724 bits per heavy atom. The van der Waals surface area contributed by atoms with Gasteiger partial charge in [0.1, 0.15) is 0 Å². The van der Waals surface area contributed by atoms with Gasteiger partial charge in [0.2, 0.25) is 10.0 Å². The minimum Gasteiger partial charge on any atom is -0.550 e. The van der Waals surface area contributed by atoms with E-state index in [-0.39, 0.29) is 143 Å². The molecule has 4 aromatic rings. The first kappa shape index (κ1) is 48.4. The van der Waals surface area contributed by atoms with Crippen molar-refractivity contribution in [3.8, 4) is 0 Å². The number of anilines is 3. The minimum absolute atomic E-state index is 0.